The molecule has 0 saturated heterocycles. The van der Waals surface area contributed by atoms with E-state index in [1.165, 1.54) is 0 Å². The van der Waals surface area contributed by atoms with Crippen molar-refractivity contribution in [3.8, 4) is 0 Å². The molecule has 3 aromatic rings. The van der Waals surface area contributed by atoms with Crippen LogP contribution in [0.25, 0.3) is 10.9 Å². The molecule has 0 saturated carbocycles. The molecule has 0 aliphatic heterocycles. The fourth-order valence-corrected chi connectivity index (χ4v) is 2.16. The molecule has 0 unspecified atom stereocenters. The Morgan fingerprint density at radius 3 is 2.70 bits per heavy atom. The minimum Gasteiger partial charge on any atom is -0.361 e. The molecule has 2 aromatic carbocycles. The largest absolute Gasteiger partial charge is 0.361 e. The van der Waals surface area contributed by atoms with Crippen LogP contribution in [0.1, 0.15) is 11.6 Å². The summed E-state index contributed by atoms with van der Waals surface area (Å²) in [6.07, 6.45) is 1.87. The fourth-order valence-electron chi connectivity index (χ4n) is 2.16. The molecule has 4 heteroatoms. The Bertz CT molecular complexity index is 734. The zero-order chi connectivity index (χ0) is 13.9. The Balaban J connectivity index is 1.78. The number of benzene rings is 2. The molecule has 4 N–H and O–H groups in total. The minimum absolute atomic E-state index is 0.217. The quantitative estimate of drug-likeness (QED) is 0.681. The predicted molar refractivity (Wildman–Crippen MR) is 80.3 cm³/mol. The summed E-state index contributed by atoms with van der Waals surface area (Å²) < 4.78 is 0. The maximum Gasteiger partial charge on any atom is 0.245 e. The summed E-state index contributed by atoms with van der Waals surface area (Å²) in [5.41, 5.74) is 8.54. The van der Waals surface area contributed by atoms with Gasteiger partial charge < -0.3 is 16.0 Å². The van der Waals surface area contributed by atoms with Crippen LogP contribution in [0.3, 0.4) is 0 Å². The summed E-state index contributed by atoms with van der Waals surface area (Å²) in [6.45, 7) is 0. The maximum atomic E-state index is 12.1. The second kappa shape index (κ2) is 5.19. The summed E-state index contributed by atoms with van der Waals surface area (Å²) in [4.78, 5) is 15.3. The number of anilines is 1. The van der Waals surface area contributed by atoms with Gasteiger partial charge in [-0.25, -0.2) is 0 Å². The zero-order valence-corrected chi connectivity index (χ0v) is 10.8. The van der Waals surface area contributed by atoms with Crippen molar-refractivity contribution in [2.24, 2.45) is 5.73 Å². The van der Waals surface area contributed by atoms with Crippen molar-refractivity contribution < 1.29 is 4.79 Å². The average Bonchev–Trinajstić information content (AvgIpc) is 2.95. The van der Waals surface area contributed by atoms with Crippen LogP contribution >= 0.6 is 0 Å². The lowest BCUT2D eigenvalue weighted by Gasteiger charge is -2.12. The van der Waals surface area contributed by atoms with E-state index in [9.17, 15) is 4.79 Å². The minimum atomic E-state index is -0.668. The van der Waals surface area contributed by atoms with Crippen LogP contribution in [0.4, 0.5) is 5.69 Å². The molecule has 100 valence electrons. The van der Waals surface area contributed by atoms with E-state index in [0.717, 1.165) is 22.2 Å². The molecule has 0 aliphatic carbocycles. The van der Waals surface area contributed by atoms with Gasteiger partial charge in [0, 0.05) is 22.8 Å². The number of amides is 1. The Labute approximate surface area is 116 Å². The molecule has 0 bridgehead atoms. The van der Waals surface area contributed by atoms with Gasteiger partial charge in [-0.3, -0.25) is 4.79 Å². The van der Waals surface area contributed by atoms with Gasteiger partial charge in [0.05, 0.1) is 0 Å². The number of rotatable bonds is 3. The van der Waals surface area contributed by atoms with Gasteiger partial charge in [-0.1, -0.05) is 30.3 Å². The predicted octanol–water partition coefficient (Wildman–Crippen LogP) is 2.81. The van der Waals surface area contributed by atoms with E-state index in [4.69, 9.17) is 5.73 Å². The number of carbonyl (C=O) groups excluding carboxylic acids is 1. The first-order valence-electron chi connectivity index (χ1n) is 6.42. The topological polar surface area (TPSA) is 70.9 Å². The Hall–Kier alpha value is -2.59. The molecule has 20 heavy (non-hydrogen) atoms. The van der Waals surface area contributed by atoms with E-state index in [2.05, 4.69) is 10.3 Å². The highest BCUT2D eigenvalue weighted by Crippen LogP contribution is 2.19. The normalized spacial score (nSPS) is 12.2. The number of nitrogens with one attached hydrogen (secondary N) is 2. The smallest absolute Gasteiger partial charge is 0.245 e. The summed E-state index contributed by atoms with van der Waals surface area (Å²) in [5.74, 6) is -0.217. The molecule has 1 aromatic heterocycles. The van der Waals surface area contributed by atoms with Crippen molar-refractivity contribution in [2.75, 3.05) is 5.32 Å². The van der Waals surface area contributed by atoms with Crippen LogP contribution in [0.15, 0.2) is 60.8 Å². The van der Waals surface area contributed by atoms with Crippen molar-refractivity contribution in [1.29, 1.82) is 0 Å². The standard InChI is InChI=1S/C16H15N3O/c17-15(11-4-2-1-3-5-11)16(20)19-13-6-7-14-12(10-13)8-9-18-14/h1-10,15,18H,17H2,(H,19,20)/t15-/m0/s1. The van der Waals surface area contributed by atoms with Gasteiger partial charge >= 0.3 is 0 Å². The molecule has 1 amide bonds. The van der Waals surface area contributed by atoms with E-state index >= 15 is 0 Å². The molecular weight excluding hydrogens is 250 g/mol. The lowest BCUT2D eigenvalue weighted by atomic mass is 10.1. The first kappa shape index (κ1) is 12.4. The van der Waals surface area contributed by atoms with Crippen LogP contribution < -0.4 is 11.1 Å². The van der Waals surface area contributed by atoms with Gasteiger partial charge in [-0.05, 0) is 29.8 Å². The maximum absolute atomic E-state index is 12.1. The number of hydrogen-bond acceptors (Lipinski definition) is 2. The van der Waals surface area contributed by atoms with Gasteiger partial charge in [0.1, 0.15) is 6.04 Å². The molecule has 0 radical (unpaired) electrons. The van der Waals surface area contributed by atoms with Gasteiger partial charge in [0.15, 0.2) is 0 Å². The molecule has 1 atom stereocenters. The second-order valence-electron chi connectivity index (χ2n) is 4.66. The van der Waals surface area contributed by atoms with Crippen LogP contribution in [0.2, 0.25) is 0 Å². The summed E-state index contributed by atoms with van der Waals surface area (Å²) in [7, 11) is 0. The Morgan fingerprint density at radius 2 is 1.90 bits per heavy atom. The third-order valence-electron chi connectivity index (χ3n) is 3.26. The number of fused-ring (bicyclic) bond motifs is 1. The van der Waals surface area contributed by atoms with E-state index < -0.39 is 6.04 Å². The SMILES string of the molecule is N[C@H](C(=O)Nc1ccc2[nH]ccc2c1)c1ccccc1. The van der Waals surface area contributed by atoms with Crippen LogP contribution in [0.5, 0.6) is 0 Å². The third-order valence-corrected chi connectivity index (χ3v) is 3.26. The van der Waals surface area contributed by atoms with E-state index in [0.29, 0.717) is 0 Å². The van der Waals surface area contributed by atoms with E-state index in [1.807, 2.05) is 60.8 Å². The first-order valence-corrected chi connectivity index (χ1v) is 6.42. The molecule has 0 fully saturated rings. The number of carbonyl (C=O) groups is 1. The number of nitrogens with two attached hydrogens (primary N) is 1. The highest BCUT2D eigenvalue weighted by Gasteiger charge is 2.15. The molecular formula is C16H15N3O. The number of hydrogen-bond donors (Lipinski definition) is 3. The van der Waals surface area contributed by atoms with Crippen molar-refractivity contribution in [3.05, 3.63) is 66.4 Å². The molecule has 0 aliphatic rings. The summed E-state index contributed by atoms with van der Waals surface area (Å²) in [6, 6.07) is 16.3. The molecule has 1 heterocycles. The lowest BCUT2D eigenvalue weighted by molar-refractivity contribution is -0.117. The van der Waals surface area contributed by atoms with Crippen LogP contribution in [0, 0.1) is 0 Å². The molecule has 3 rings (SSSR count). The van der Waals surface area contributed by atoms with Gasteiger partial charge in [0.2, 0.25) is 5.91 Å². The first-order chi connectivity index (χ1) is 9.74. The number of aromatic nitrogens is 1. The van der Waals surface area contributed by atoms with Crippen LogP contribution in [-0.2, 0) is 4.79 Å². The van der Waals surface area contributed by atoms with Gasteiger partial charge in [-0.2, -0.15) is 0 Å². The van der Waals surface area contributed by atoms with Crippen molar-refractivity contribution in [1.82, 2.24) is 4.98 Å². The van der Waals surface area contributed by atoms with Crippen LogP contribution in [-0.4, -0.2) is 10.9 Å². The zero-order valence-electron chi connectivity index (χ0n) is 10.8. The van der Waals surface area contributed by atoms with E-state index in [1.54, 1.807) is 0 Å². The van der Waals surface area contributed by atoms with Gasteiger partial charge in [0.25, 0.3) is 0 Å². The second-order valence-corrected chi connectivity index (χ2v) is 4.66. The van der Waals surface area contributed by atoms with E-state index in [-0.39, 0.29) is 5.91 Å². The molecule has 4 nitrogen and oxygen atoms in total. The molecule has 0 spiro atoms. The summed E-state index contributed by atoms with van der Waals surface area (Å²) in [5, 5.41) is 3.90. The monoisotopic (exact) mass is 265 g/mol. The third kappa shape index (κ3) is 2.41. The van der Waals surface area contributed by atoms with Gasteiger partial charge in [-0.15, -0.1) is 0 Å². The highest BCUT2D eigenvalue weighted by molar-refractivity contribution is 5.97. The lowest BCUT2D eigenvalue weighted by Crippen LogP contribution is -2.27. The number of aromatic amines is 1. The summed E-state index contributed by atoms with van der Waals surface area (Å²) >= 11 is 0. The Morgan fingerprint density at radius 1 is 1.10 bits per heavy atom. The van der Waals surface area contributed by atoms with Crippen molar-refractivity contribution >= 4 is 22.5 Å². The average molecular weight is 265 g/mol. The fraction of sp³-hybridized carbons (Fsp3) is 0.0625. The number of H-pyrrole nitrogens is 1. The van der Waals surface area contributed by atoms with Crippen molar-refractivity contribution in [3.63, 3.8) is 0 Å². The Kier molecular flexibility index (Phi) is 3.23. The van der Waals surface area contributed by atoms with Crippen molar-refractivity contribution in [2.45, 2.75) is 6.04 Å². The highest BCUT2D eigenvalue weighted by atomic mass is 16.2.